The molecule has 6 nitrogen and oxygen atoms in total. The summed E-state index contributed by atoms with van der Waals surface area (Å²) in [5, 5.41) is 12.0. The molecule has 1 N–H and O–H groups in total. The van der Waals surface area contributed by atoms with Gasteiger partial charge in [0, 0.05) is 11.1 Å². The van der Waals surface area contributed by atoms with Gasteiger partial charge < -0.3 is 10.1 Å². The van der Waals surface area contributed by atoms with E-state index in [1.807, 2.05) is 27.7 Å². The first-order chi connectivity index (χ1) is 10.5. The first-order valence-corrected chi connectivity index (χ1v) is 7.72. The van der Waals surface area contributed by atoms with Crippen molar-refractivity contribution in [1.82, 2.24) is 10.2 Å². The zero-order valence-electron chi connectivity index (χ0n) is 14.9. The first kappa shape index (κ1) is 19.2. The Bertz CT molecular complexity index is 526. The molecule has 6 heteroatoms. The van der Waals surface area contributed by atoms with Gasteiger partial charge in [-0.05, 0) is 53.5 Å². The van der Waals surface area contributed by atoms with Crippen LogP contribution >= 0.6 is 0 Å². The highest BCUT2D eigenvalue weighted by molar-refractivity contribution is 5.93. The molecular formula is C17H27N3O3. The van der Waals surface area contributed by atoms with E-state index in [0.717, 1.165) is 0 Å². The van der Waals surface area contributed by atoms with E-state index < -0.39 is 22.6 Å². The fraction of sp³-hybridized carbons (Fsp3) is 0.706. The predicted molar refractivity (Wildman–Crippen MR) is 87.4 cm³/mol. The number of likely N-dealkylation sites (tertiary alicyclic amines) is 1. The highest BCUT2D eigenvalue weighted by atomic mass is 16.5. The van der Waals surface area contributed by atoms with Gasteiger partial charge in [0.25, 0.3) is 0 Å². The number of piperidine rings is 1. The molecule has 1 rings (SSSR count). The van der Waals surface area contributed by atoms with Gasteiger partial charge in [0.05, 0.1) is 19.7 Å². The lowest BCUT2D eigenvalue weighted by atomic mass is 9.68. The third-order valence-electron chi connectivity index (χ3n) is 4.42. The predicted octanol–water partition coefficient (Wildman–Crippen LogP) is 1.77. The molecule has 1 aliphatic rings. The Morgan fingerprint density at radius 1 is 1.26 bits per heavy atom. The summed E-state index contributed by atoms with van der Waals surface area (Å²) in [5.41, 5.74) is -2.01. The Hall–Kier alpha value is -1.87. The first-order valence-electron chi connectivity index (χ1n) is 7.72. The van der Waals surface area contributed by atoms with E-state index in [-0.39, 0.29) is 12.5 Å². The number of ether oxygens (including phenoxy) is 1. The molecule has 1 saturated heterocycles. The van der Waals surface area contributed by atoms with E-state index in [1.54, 1.807) is 13.0 Å². The van der Waals surface area contributed by atoms with Crippen molar-refractivity contribution in [2.75, 3.05) is 13.7 Å². The van der Waals surface area contributed by atoms with Crippen LogP contribution in [-0.2, 0) is 14.3 Å². The highest BCUT2D eigenvalue weighted by Crippen LogP contribution is 2.43. The van der Waals surface area contributed by atoms with Crippen LogP contribution in [0.25, 0.3) is 0 Å². The molecule has 128 valence electrons. The second-order valence-corrected chi connectivity index (χ2v) is 7.29. The lowest BCUT2D eigenvalue weighted by molar-refractivity contribution is -0.161. The Balaban J connectivity index is 3.31. The molecule has 1 heterocycles. The molecule has 0 aliphatic carbocycles. The number of esters is 1. The molecule has 0 atom stereocenters. The summed E-state index contributed by atoms with van der Waals surface area (Å²) >= 11 is 0. The van der Waals surface area contributed by atoms with E-state index in [4.69, 9.17) is 10.00 Å². The Labute approximate surface area is 138 Å². The minimum absolute atomic E-state index is 0.264. The monoisotopic (exact) mass is 321 g/mol. The van der Waals surface area contributed by atoms with Crippen LogP contribution in [0, 0.1) is 11.3 Å². The number of nitriles is 1. The molecule has 0 bridgehead atoms. The third kappa shape index (κ3) is 3.91. The minimum atomic E-state index is -1.11. The number of carbonyl (C=O) groups is 2. The number of allylic oxidation sites excluding steroid dienone is 1. The van der Waals surface area contributed by atoms with Gasteiger partial charge in [-0.15, -0.1) is 0 Å². The van der Waals surface area contributed by atoms with Crippen LogP contribution in [0.5, 0.6) is 0 Å². The van der Waals surface area contributed by atoms with Crippen molar-refractivity contribution >= 4 is 11.9 Å². The third-order valence-corrected chi connectivity index (χ3v) is 4.42. The summed E-state index contributed by atoms with van der Waals surface area (Å²) in [5.74, 6) is -0.772. The van der Waals surface area contributed by atoms with Gasteiger partial charge in [-0.3, -0.25) is 9.69 Å². The van der Waals surface area contributed by atoms with Gasteiger partial charge in [0.15, 0.2) is 0 Å². The largest absolute Gasteiger partial charge is 0.467 e. The summed E-state index contributed by atoms with van der Waals surface area (Å²) in [6.07, 6.45) is 3.77. The summed E-state index contributed by atoms with van der Waals surface area (Å²) in [7, 11) is 1.33. The van der Waals surface area contributed by atoms with Crippen molar-refractivity contribution in [2.45, 2.75) is 64.1 Å². The molecule has 1 aliphatic heterocycles. The average Bonchev–Trinajstić information content (AvgIpc) is 2.41. The second kappa shape index (κ2) is 6.71. The number of rotatable bonds is 4. The number of nitrogens with one attached hydrogen (secondary N) is 1. The van der Waals surface area contributed by atoms with Crippen LogP contribution in [-0.4, -0.2) is 47.0 Å². The molecular weight excluding hydrogens is 294 g/mol. The maximum absolute atomic E-state index is 12.5. The fourth-order valence-corrected chi connectivity index (χ4v) is 3.96. The quantitative estimate of drug-likeness (QED) is 0.485. The number of hydrogen-bond acceptors (Lipinski definition) is 5. The van der Waals surface area contributed by atoms with E-state index in [2.05, 4.69) is 16.3 Å². The molecule has 0 radical (unpaired) electrons. The summed E-state index contributed by atoms with van der Waals surface area (Å²) in [6.45, 7) is 9.92. The van der Waals surface area contributed by atoms with Gasteiger partial charge in [-0.25, -0.2) is 4.79 Å². The molecule has 0 aromatic heterocycles. The molecule has 1 fully saturated rings. The summed E-state index contributed by atoms with van der Waals surface area (Å²) < 4.78 is 4.99. The van der Waals surface area contributed by atoms with Crippen LogP contribution in [0.4, 0.5) is 0 Å². The minimum Gasteiger partial charge on any atom is -0.467 e. The lowest BCUT2D eigenvalue weighted by Gasteiger charge is -2.57. The average molecular weight is 321 g/mol. The standard InChI is InChI=1S/C17H27N3O3/c1-7-8-13(21)19-17(14(22)23-6)11-15(2,3)20(10-9-18)16(4,5)12-17/h7-8H,10-12H2,1-6H3,(H,19,21). The molecule has 0 spiro atoms. The van der Waals surface area contributed by atoms with Crippen molar-refractivity contribution in [1.29, 1.82) is 5.26 Å². The zero-order valence-corrected chi connectivity index (χ0v) is 14.9. The maximum Gasteiger partial charge on any atom is 0.331 e. The molecule has 23 heavy (non-hydrogen) atoms. The molecule has 0 saturated carbocycles. The summed E-state index contributed by atoms with van der Waals surface area (Å²) in [4.78, 5) is 26.7. The number of amides is 1. The number of carbonyl (C=O) groups excluding carboxylic acids is 2. The highest BCUT2D eigenvalue weighted by Gasteiger charge is 2.56. The van der Waals surface area contributed by atoms with E-state index in [0.29, 0.717) is 12.8 Å². The van der Waals surface area contributed by atoms with Crippen molar-refractivity contribution < 1.29 is 14.3 Å². The van der Waals surface area contributed by atoms with Crippen molar-refractivity contribution in [3.05, 3.63) is 12.2 Å². The van der Waals surface area contributed by atoms with Crippen LogP contribution in [0.3, 0.4) is 0 Å². The topological polar surface area (TPSA) is 82.4 Å². The van der Waals surface area contributed by atoms with Gasteiger partial charge >= 0.3 is 5.97 Å². The molecule has 0 aromatic carbocycles. The Morgan fingerprint density at radius 2 is 1.78 bits per heavy atom. The molecule has 1 amide bonds. The van der Waals surface area contributed by atoms with Gasteiger partial charge in [0.2, 0.25) is 5.91 Å². The lowest BCUT2D eigenvalue weighted by Crippen LogP contribution is -2.71. The van der Waals surface area contributed by atoms with E-state index in [1.165, 1.54) is 13.2 Å². The van der Waals surface area contributed by atoms with Gasteiger partial charge in [-0.1, -0.05) is 6.08 Å². The smallest absolute Gasteiger partial charge is 0.331 e. The molecule has 0 aromatic rings. The Kier molecular flexibility index (Phi) is 5.60. The van der Waals surface area contributed by atoms with Gasteiger partial charge in [0.1, 0.15) is 5.54 Å². The van der Waals surface area contributed by atoms with Crippen molar-refractivity contribution in [3.63, 3.8) is 0 Å². The summed E-state index contributed by atoms with van der Waals surface area (Å²) in [6, 6.07) is 2.19. The van der Waals surface area contributed by atoms with Crippen molar-refractivity contribution in [2.24, 2.45) is 0 Å². The fourth-order valence-electron chi connectivity index (χ4n) is 3.96. The number of hydrogen-bond donors (Lipinski definition) is 1. The second-order valence-electron chi connectivity index (χ2n) is 7.29. The molecule has 0 unspecified atom stereocenters. The normalized spacial score (nSPS) is 22.3. The van der Waals surface area contributed by atoms with Crippen LogP contribution < -0.4 is 5.32 Å². The zero-order chi connectivity index (χ0) is 17.9. The Morgan fingerprint density at radius 3 is 2.17 bits per heavy atom. The van der Waals surface area contributed by atoms with Crippen molar-refractivity contribution in [3.8, 4) is 6.07 Å². The van der Waals surface area contributed by atoms with Crippen LogP contribution in [0.15, 0.2) is 12.2 Å². The van der Waals surface area contributed by atoms with Crippen LogP contribution in [0.2, 0.25) is 0 Å². The van der Waals surface area contributed by atoms with Crippen LogP contribution in [0.1, 0.15) is 47.5 Å². The van der Waals surface area contributed by atoms with Gasteiger partial charge in [-0.2, -0.15) is 5.26 Å². The van der Waals surface area contributed by atoms with E-state index >= 15 is 0 Å². The number of nitrogens with zero attached hydrogens (tertiary/aromatic N) is 2. The van der Waals surface area contributed by atoms with E-state index in [9.17, 15) is 9.59 Å². The maximum atomic E-state index is 12.5. The number of methoxy groups -OCH3 is 1. The SMILES string of the molecule is CC=CC(=O)NC1(C(=O)OC)CC(C)(C)N(CC#N)C(C)(C)C1.